The molecule has 0 spiro atoms. The highest BCUT2D eigenvalue weighted by Crippen LogP contribution is 2.44. The van der Waals surface area contributed by atoms with Crippen molar-refractivity contribution in [2.24, 2.45) is 5.73 Å². The lowest BCUT2D eigenvalue weighted by Crippen LogP contribution is -2.29. The minimum absolute atomic E-state index is 0.00773. The minimum atomic E-state index is -4.94. The lowest BCUT2D eigenvalue weighted by atomic mass is 10.1. The van der Waals surface area contributed by atoms with Crippen molar-refractivity contribution in [3.8, 4) is 5.75 Å². The Morgan fingerprint density at radius 2 is 1.78 bits per heavy atom. The first-order valence-electron chi connectivity index (χ1n) is 9.20. The molecule has 1 heterocycles. The van der Waals surface area contributed by atoms with Gasteiger partial charge in [0.1, 0.15) is 17.5 Å². The van der Waals surface area contributed by atoms with E-state index < -0.39 is 39.9 Å². The predicted molar refractivity (Wildman–Crippen MR) is 108 cm³/mol. The zero-order valence-electron chi connectivity index (χ0n) is 16.6. The van der Waals surface area contributed by atoms with Crippen molar-refractivity contribution in [1.29, 1.82) is 0 Å². The second-order valence-corrected chi connectivity index (χ2v) is 9.15. The summed E-state index contributed by atoms with van der Waals surface area (Å²) >= 11 is 0. The summed E-state index contributed by atoms with van der Waals surface area (Å²) < 4.78 is 36.2. The van der Waals surface area contributed by atoms with E-state index in [9.17, 15) is 24.0 Å². The van der Waals surface area contributed by atoms with E-state index >= 15 is 0 Å². The van der Waals surface area contributed by atoms with E-state index in [0.29, 0.717) is 6.42 Å². The number of hydrogen-bond donors (Lipinski definition) is 5. The molecular formula is C15H23N3O12P2. The van der Waals surface area contributed by atoms with E-state index in [1.54, 1.807) is 0 Å². The number of benzene rings is 1. The number of nitro groups is 1. The number of anilines is 1. The van der Waals surface area contributed by atoms with Crippen LogP contribution in [-0.2, 0) is 29.4 Å². The number of phosphoric acid groups is 2. The molecule has 17 heteroatoms. The van der Waals surface area contributed by atoms with Gasteiger partial charge in [-0.15, -0.1) is 0 Å². The monoisotopic (exact) mass is 499 g/mol. The Kier molecular flexibility index (Phi) is 8.88. The van der Waals surface area contributed by atoms with Gasteiger partial charge in [-0.3, -0.25) is 24.0 Å². The first-order chi connectivity index (χ1) is 14.8. The number of hydrogen-bond acceptors (Lipinski definition) is 9. The van der Waals surface area contributed by atoms with Gasteiger partial charge < -0.3 is 34.9 Å². The molecule has 0 aliphatic carbocycles. The number of fused-ring (bicyclic) bond motifs is 1. The van der Waals surface area contributed by atoms with E-state index in [1.807, 2.05) is 0 Å². The van der Waals surface area contributed by atoms with Crippen molar-refractivity contribution in [3.05, 3.63) is 27.8 Å². The first-order valence-corrected chi connectivity index (χ1v) is 12.3. The van der Waals surface area contributed by atoms with E-state index in [1.165, 1.54) is 11.0 Å². The Bertz CT molecular complexity index is 920. The van der Waals surface area contributed by atoms with Gasteiger partial charge in [-0.1, -0.05) is 0 Å². The van der Waals surface area contributed by atoms with Crippen LogP contribution in [0.3, 0.4) is 0 Å². The van der Waals surface area contributed by atoms with Gasteiger partial charge in [0, 0.05) is 24.6 Å². The Morgan fingerprint density at radius 3 is 2.28 bits per heavy atom. The van der Waals surface area contributed by atoms with Gasteiger partial charge in [-0.25, -0.2) is 9.13 Å². The van der Waals surface area contributed by atoms with Crippen LogP contribution in [-0.4, -0.2) is 62.8 Å². The highest BCUT2D eigenvalue weighted by molar-refractivity contribution is 7.46. The van der Waals surface area contributed by atoms with Crippen LogP contribution in [0.5, 0.6) is 5.75 Å². The van der Waals surface area contributed by atoms with E-state index in [2.05, 4.69) is 9.05 Å². The zero-order chi connectivity index (χ0) is 24.1. The van der Waals surface area contributed by atoms with Gasteiger partial charge >= 0.3 is 15.6 Å². The highest BCUT2D eigenvalue weighted by atomic mass is 31.2. The van der Waals surface area contributed by atoms with Crippen molar-refractivity contribution in [2.45, 2.75) is 25.4 Å². The minimum Gasteiger partial charge on any atom is -0.485 e. The Hall–Kier alpha value is -1.93. The third kappa shape index (κ3) is 7.59. The van der Waals surface area contributed by atoms with E-state index in [-0.39, 0.29) is 54.5 Å². The fourth-order valence-electron chi connectivity index (χ4n) is 3.04. The molecule has 180 valence electrons. The largest absolute Gasteiger partial charge is 0.485 e. The predicted octanol–water partition coefficient (Wildman–Crippen LogP) is 0.189. The van der Waals surface area contributed by atoms with E-state index in [0.717, 1.165) is 6.07 Å². The number of nitrogens with zero attached hydrogens (tertiary/aromatic N) is 2. The molecule has 1 amide bonds. The van der Waals surface area contributed by atoms with Crippen LogP contribution in [0, 0.1) is 10.1 Å². The molecule has 0 aromatic heterocycles. The molecule has 1 aliphatic heterocycles. The molecule has 0 atom stereocenters. The van der Waals surface area contributed by atoms with Crippen LogP contribution in [0.1, 0.15) is 18.4 Å². The third-order valence-electron chi connectivity index (χ3n) is 4.32. The summed E-state index contributed by atoms with van der Waals surface area (Å²) in [5.74, 6) is -0.367. The zero-order valence-corrected chi connectivity index (χ0v) is 18.4. The Morgan fingerprint density at radius 1 is 1.19 bits per heavy atom. The summed E-state index contributed by atoms with van der Waals surface area (Å²) in [7, 11) is -9.88. The summed E-state index contributed by atoms with van der Waals surface area (Å²) in [5, 5.41) is 11.5. The third-order valence-corrected chi connectivity index (χ3v) is 5.29. The van der Waals surface area contributed by atoms with Gasteiger partial charge in [0.15, 0.2) is 0 Å². The smallest absolute Gasteiger partial charge is 0.469 e. The second-order valence-electron chi connectivity index (χ2n) is 6.67. The molecule has 0 fully saturated rings. The number of ether oxygens (including phenoxy) is 1. The van der Waals surface area contributed by atoms with Crippen LogP contribution in [0.15, 0.2) is 12.1 Å². The topological polar surface area (TPSA) is 232 Å². The average molecular weight is 499 g/mol. The number of carbonyl (C=O) groups is 1. The SMILES string of the molecule is NCCCC(=O)N1CCc2c(OC(COP(=O)(O)O)COP(=O)(O)O)ccc([N+](=O)[O-])c21. The van der Waals surface area contributed by atoms with Crippen molar-refractivity contribution >= 4 is 32.9 Å². The summed E-state index contributed by atoms with van der Waals surface area (Å²) in [6.45, 7) is -1.23. The number of phosphoric ester groups is 2. The van der Waals surface area contributed by atoms with Gasteiger partial charge in [-0.05, 0) is 25.5 Å². The fourth-order valence-corrected chi connectivity index (χ4v) is 3.76. The van der Waals surface area contributed by atoms with Crippen molar-refractivity contribution in [3.63, 3.8) is 0 Å². The number of nitrogens with two attached hydrogens (primary N) is 1. The van der Waals surface area contributed by atoms with Gasteiger partial charge in [-0.2, -0.15) is 0 Å². The van der Waals surface area contributed by atoms with Gasteiger partial charge in [0.2, 0.25) is 5.91 Å². The molecule has 0 radical (unpaired) electrons. The van der Waals surface area contributed by atoms with Crippen LogP contribution < -0.4 is 15.4 Å². The number of carbonyl (C=O) groups excluding carboxylic acids is 1. The van der Waals surface area contributed by atoms with Crippen LogP contribution in [0.4, 0.5) is 11.4 Å². The highest BCUT2D eigenvalue weighted by Gasteiger charge is 2.35. The molecule has 0 unspecified atom stereocenters. The first kappa shape index (κ1) is 26.3. The molecule has 0 saturated carbocycles. The fraction of sp³-hybridized carbons (Fsp3) is 0.533. The lowest BCUT2D eigenvalue weighted by molar-refractivity contribution is -0.384. The maximum absolute atomic E-state index is 12.5. The standard InChI is InChI=1S/C15H23N3O12P2/c16-6-1-2-14(19)17-7-5-11-13(4-3-12(15(11)17)18(20)21)30-10(8-28-31(22,23)24)9-29-32(25,26)27/h3-4,10H,1-2,5-9,16H2,(H2,22,23,24)(H2,25,26,27). The lowest BCUT2D eigenvalue weighted by Gasteiger charge is -2.22. The van der Waals surface area contributed by atoms with Gasteiger partial charge in [0.25, 0.3) is 5.69 Å². The van der Waals surface area contributed by atoms with Crippen LogP contribution in [0.25, 0.3) is 0 Å². The number of nitro benzene ring substituents is 1. The normalized spacial score (nSPS) is 14.0. The van der Waals surface area contributed by atoms with Crippen molar-refractivity contribution < 1.29 is 52.2 Å². The second kappa shape index (κ2) is 10.8. The summed E-state index contributed by atoms with van der Waals surface area (Å²) in [4.78, 5) is 60.1. The maximum atomic E-state index is 12.5. The summed E-state index contributed by atoms with van der Waals surface area (Å²) in [6.07, 6.45) is -0.766. The molecular weight excluding hydrogens is 476 g/mol. The maximum Gasteiger partial charge on any atom is 0.469 e. The van der Waals surface area contributed by atoms with E-state index in [4.69, 9.17) is 30.0 Å². The molecule has 15 nitrogen and oxygen atoms in total. The molecule has 6 N–H and O–H groups in total. The Labute approximate surface area is 181 Å². The van der Waals surface area contributed by atoms with Crippen molar-refractivity contribution in [1.82, 2.24) is 0 Å². The van der Waals surface area contributed by atoms with Crippen molar-refractivity contribution in [2.75, 3.05) is 31.2 Å². The average Bonchev–Trinajstić information content (AvgIpc) is 3.12. The summed E-state index contributed by atoms with van der Waals surface area (Å²) in [5.41, 5.74) is 5.35. The molecule has 0 saturated heterocycles. The quantitative estimate of drug-likeness (QED) is 0.147. The molecule has 0 bridgehead atoms. The summed E-state index contributed by atoms with van der Waals surface area (Å²) in [6, 6.07) is 2.31. The molecule has 1 aliphatic rings. The van der Waals surface area contributed by atoms with Crippen LogP contribution >= 0.6 is 15.6 Å². The number of amides is 1. The molecule has 32 heavy (non-hydrogen) atoms. The molecule has 1 aromatic carbocycles. The Balaban J connectivity index is 2.35. The van der Waals surface area contributed by atoms with Crippen LogP contribution in [0.2, 0.25) is 0 Å². The number of rotatable bonds is 12. The van der Waals surface area contributed by atoms with Gasteiger partial charge in [0.05, 0.1) is 18.1 Å². The molecule has 1 aromatic rings. The molecule has 2 rings (SSSR count).